The van der Waals surface area contributed by atoms with Gasteiger partial charge in [0.05, 0.1) is 6.10 Å². The summed E-state index contributed by atoms with van der Waals surface area (Å²) < 4.78 is 16.8. The largest absolute Gasteiger partial charge is 0.378 e. The number of hydrogen-bond acceptors (Lipinski definition) is 4. The van der Waals surface area contributed by atoms with Gasteiger partial charge in [0.25, 0.3) is 0 Å². The monoisotopic (exact) mass is 330 g/mol. The molecule has 1 N–H and O–H groups in total. The summed E-state index contributed by atoms with van der Waals surface area (Å²) in [6.07, 6.45) is 1.59. The highest BCUT2D eigenvalue weighted by Crippen LogP contribution is 2.32. The molecular weight excluding hydrogens is 299 g/mol. The van der Waals surface area contributed by atoms with Gasteiger partial charge in [0.1, 0.15) is 12.2 Å². The minimum atomic E-state index is -0.808. The minimum Gasteiger partial charge on any atom is -0.378 e. The fourth-order valence-corrected chi connectivity index (χ4v) is 3.25. The highest BCUT2D eigenvalue weighted by atomic mass is 31.1. The fourth-order valence-electron chi connectivity index (χ4n) is 2.47. The molecule has 1 fully saturated rings. The summed E-state index contributed by atoms with van der Waals surface area (Å²) in [7, 11) is 2.23. The Morgan fingerprint density at radius 1 is 1.27 bits per heavy atom. The lowest BCUT2D eigenvalue weighted by molar-refractivity contribution is -0.152. The minimum absolute atomic E-state index is 0.0907. The maximum atomic E-state index is 10.4. The first-order valence-corrected chi connectivity index (χ1v) is 9.22. The first-order chi connectivity index (χ1) is 10.3. The molecule has 1 saturated heterocycles. The van der Waals surface area contributed by atoms with Crippen LogP contribution in [0.15, 0.2) is 0 Å². The summed E-state index contributed by atoms with van der Waals surface area (Å²) >= 11 is 0. The Bertz CT molecular complexity index is 388. The highest BCUT2D eigenvalue weighted by molar-refractivity contribution is 7.32. The number of ether oxygens (including phenoxy) is 2. The normalized spacial score (nSPS) is 28.3. The van der Waals surface area contributed by atoms with Crippen LogP contribution < -0.4 is 0 Å². The van der Waals surface area contributed by atoms with Crippen LogP contribution in [0.5, 0.6) is 0 Å². The van der Waals surface area contributed by atoms with Crippen LogP contribution in [0.2, 0.25) is 0 Å². The standard InChI is InChI=1S/C17H31O4P/c1-7-8-15-16(21-17(4,5)20-15)14(18)10-9-12(2)13(3)11-22-19-6/h12-16,18,22H,7-8,11H2,1-6H3/t12-,13+,14?,15+,16-/m1/s1. The van der Waals surface area contributed by atoms with Crippen molar-refractivity contribution in [1.29, 1.82) is 0 Å². The Hall–Kier alpha value is -0.170. The molecule has 6 atom stereocenters. The van der Waals surface area contributed by atoms with Gasteiger partial charge in [0.15, 0.2) is 5.79 Å². The van der Waals surface area contributed by atoms with Crippen LogP contribution in [-0.2, 0) is 14.0 Å². The van der Waals surface area contributed by atoms with Crippen LogP contribution >= 0.6 is 8.81 Å². The zero-order valence-electron chi connectivity index (χ0n) is 14.7. The fraction of sp³-hybridized carbons (Fsp3) is 0.882. The molecule has 0 aromatic rings. The number of hydrogen-bond donors (Lipinski definition) is 1. The van der Waals surface area contributed by atoms with Crippen molar-refractivity contribution in [1.82, 2.24) is 0 Å². The van der Waals surface area contributed by atoms with Crippen molar-refractivity contribution in [2.45, 2.75) is 71.6 Å². The molecule has 0 aliphatic carbocycles. The summed E-state index contributed by atoms with van der Waals surface area (Å²) in [6.45, 7) is 10.1. The van der Waals surface area contributed by atoms with Crippen molar-refractivity contribution in [2.24, 2.45) is 11.8 Å². The molecule has 128 valence electrons. The van der Waals surface area contributed by atoms with E-state index in [0.717, 1.165) is 19.0 Å². The summed E-state index contributed by atoms with van der Waals surface area (Å²) in [4.78, 5) is 0. The first kappa shape index (κ1) is 19.9. The second kappa shape index (κ2) is 9.21. The van der Waals surface area contributed by atoms with Crippen molar-refractivity contribution in [3.63, 3.8) is 0 Å². The second-order valence-electron chi connectivity index (χ2n) is 6.48. The van der Waals surface area contributed by atoms with Crippen molar-refractivity contribution < 1.29 is 19.1 Å². The summed E-state index contributed by atoms with van der Waals surface area (Å²) in [5, 5.41) is 10.4. The average molecular weight is 330 g/mol. The molecule has 1 aliphatic heterocycles. The molecule has 2 unspecified atom stereocenters. The van der Waals surface area contributed by atoms with Gasteiger partial charge in [0.2, 0.25) is 0 Å². The summed E-state index contributed by atoms with van der Waals surface area (Å²) in [6, 6.07) is 0. The Morgan fingerprint density at radius 3 is 2.55 bits per heavy atom. The molecule has 0 saturated carbocycles. The predicted molar refractivity (Wildman–Crippen MR) is 91.0 cm³/mol. The lowest BCUT2D eigenvalue weighted by Gasteiger charge is -2.19. The van der Waals surface area contributed by atoms with Gasteiger partial charge in [0, 0.05) is 21.8 Å². The molecule has 4 nitrogen and oxygen atoms in total. The van der Waals surface area contributed by atoms with Crippen molar-refractivity contribution >= 4 is 8.81 Å². The Morgan fingerprint density at radius 2 is 1.95 bits per heavy atom. The van der Waals surface area contributed by atoms with Gasteiger partial charge in [-0.2, -0.15) is 0 Å². The molecule has 0 amide bonds. The number of rotatable bonds is 7. The zero-order chi connectivity index (χ0) is 16.8. The topological polar surface area (TPSA) is 47.9 Å². The number of aliphatic hydroxyl groups excluding tert-OH is 1. The molecule has 1 heterocycles. The van der Waals surface area contributed by atoms with Gasteiger partial charge >= 0.3 is 0 Å². The van der Waals surface area contributed by atoms with Crippen LogP contribution in [0.1, 0.15) is 47.5 Å². The third kappa shape index (κ3) is 6.14. The molecule has 0 radical (unpaired) electrons. The van der Waals surface area contributed by atoms with E-state index in [1.807, 2.05) is 13.8 Å². The van der Waals surface area contributed by atoms with E-state index in [9.17, 15) is 5.11 Å². The van der Waals surface area contributed by atoms with Crippen molar-refractivity contribution in [3.8, 4) is 11.8 Å². The quantitative estimate of drug-likeness (QED) is 0.575. The zero-order valence-corrected chi connectivity index (χ0v) is 15.7. The van der Waals surface area contributed by atoms with E-state index in [0.29, 0.717) is 14.7 Å². The molecule has 0 aromatic heterocycles. The smallest absolute Gasteiger partial charge is 0.163 e. The van der Waals surface area contributed by atoms with Crippen LogP contribution in [0.4, 0.5) is 0 Å². The second-order valence-corrected chi connectivity index (χ2v) is 7.58. The number of aliphatic hydroxyl groups is 1. The van der Waals surface area contributed by atoms with E-state index in [-0.39, 0.29) is 18.1 Å². The van der Waals surface area contributed by atoms with E-state index in [2.05, 4.69) is 32.6 Å². The lowest BCUT2D eigenvalue weighted by Crippen LogP contribution is -2.34. The van der Waals surface area contributed by atoms with Crippen LogP contribution in [0.3, 0.4) is 0 Å². The molecule has 1 aliphatic rings. The Labute approximate surface area is 137 Å². The van der Waals surface area contributed by atoms with Crippen LogP contribution in [0.25, 0.3) is 0 Å². The molecule has 1 rings (SSSR count). The predicted octanol–water partition coefficient (Wildman–Crippen LogP) is 3.18. The molecule has 0 bridgehead atoms. The highest BCUT2D eigenvalue weighted by Gasteiger charge is 2.43. The van der Waals surface area contributed by atoms with Crippen molar-refractivity contribution in [2.75, 3.05) is 13.3 Å². The van der Waals surface area contributed by atoms with E-state index in [4.69, 9.17) is 14.0 Å². The molecule has 0 aromatic carbocycles. The van der Waals surface area contributed by atoms with E-state index in [1.165, 1.54) is 0 Å². The molecule has 0 spiro atoms. The van der Waals surface area contributed by atoms with E-state index < -0.39 is 11.9 Å². The molecular formula is C17H31O4P. The van der Waals surface area contributed by atoms with Gasteiger partial charge in [-0.05, 0) is 32.3 Å². The van der Waals surface area contributed by atoms with Gasteiger partial charge < -0.3 is 19.1 Å². The third-order valence-corrected chi connectivity index (χ3v) is 5.07. The summed E-state index contributed by atoms with van der Waals surface area (Å²) in [5.41, 5.74) is 0. The maximum absolute atomic E-state index is 10.4. The van der Waals surface area contributed by atoms with Gasteiger partial charge in [-0.1, -0.05) is 39.0 Å². The SMILES string of the molecule is CCC[C@@H]1OC(C)(C)O[C@@H]1C(O)C#C[C@@H](C)[C@@H](C)CPOC. The third-order valence-electron chi connectivity index (χ3n) is 3.97. The van der Waals surface area contributed by atoms with Crippen molar-refractivity contribution in [3.05, 3.63) is 0 Å². The Balaban J connectivity index is 2.63. The Kier molecular flexibility index (Phi) is 8.32. The molecule has 5 heteroatoms. The summed E-state index contributed by atoms with van der Waals surface area (Å²) in [5.74, 6) is 6.16. The maximum Gasteiger partial charge on any atom is 0.163 e. The first-order valence-electron chi connectivity index (χ1n) is 8.11. The van der Waals surface area contributed by atoms with Gasteiger partial charge in [-0.25, -0.2) is 0 Å². The molecule has 22 heavy (non-hydrogen) atoms. The van der Waals surface area contributed by atoms with Crippen LogP contribution in [0, 0.1) is 23.7 Å². The van der Waals surface area contributed by atoms with Gasteiger partial charge in [-0.3, -0.25) is 0 Å². The van der Waals surface area contributed by atoms with Crippen LogP contribution in [-0.4, -0.2) is 42.5 Å². The van der Waals surface area contributed by atoms with Gasteiger partial charge in [-0.15, -0.1) is 0 Å². The average Bonchev–Trinajstić information content (AvgIpc) is 2.77. The van der Waals surface area contributed by atoms with E-state index in [1.54, 1.807) is 7.11 Å². The lowest BCUT2D eigenvalue weighted by atomic mass is 9.97. The van der Waals surface area contributed by atoms with E-state index >= 15 is 0 Å².